The summed E-state index contributed by atoms with van der Waals surface area (Å²) >= 11 is 0. The van der Waals surface area contributed by atoms with Crippen LogP contribution in [0.4, 0.5) is 0 Å². The van der Waals surface area contributed by atoms with Crippen molar-refractivity contribution in [3.63, 3.8) is 0 Å². The Balaban J connectivity index is 1.94. The van der Waals surface area contributed by atoms with Crippen molar-refractivity contribution >= 4 is 11.8 Å². The fraction of sp³-hybridized carbons (Fsp3) is 0.846. The highest BCUT2D eigenvalue weighted by molar-refractivity contribution is 5.92. The molecule has 18 heavy (non-hydrogen) atoms. The average molecular weight is 253 g/mol. The summed E-state index contributed by atoms with van der Waals surface area (Å²) in [4.78, 5) is 24.1. The van der Waals surface area contributed by atoms with Crippen molar-refractivity contribution in [1.82, 2.24) is 16.0 Å². The lowest BCUT2D eigenvalue weighted by Gasteiger charge is -2.34. The van der Waals surface area contributed by atoms with Crippen LogP contribution in [-0.4, -0.2) is 36.5 Å². The molecule has 2 unspecified atom stereocenters. The van der Waals surface area contributed by atoms with Crippen LogP contribution in [0.25, 0.3) is 0 Å². The van der Waals surface area contributed by atoms with E-state index in [-0.39, 0.29) is 17.9 Å². The Morgan fingerprint density at radius 2 is 2.06 bits per heavy atom. The van der Waals surface area contributed by atoms with E-state index in [0.29, 0.717) is 0 Å². The Kier molecular flexibility index (Phi) is 4.22. The number of carbonyl (C=O) groups is 2. The number of nitrogens with one attached hydrogen (secondary N) is 3. The first kappa shape index (κ1) is 13.3. The first-order chi connectivity index (χ1) is 8.62. The highest BCUT2D eigenvalue weighted by Crippen LogP contribution is 2.19. The molecule has 2 atom stereocenters. The number of amides is 2. The van der Waals surface area contributed by atoms with Crippen molar-refractivity contribution in [1.29, 1.82) is 0 Å². The molecule has 0 radical (unpaired) electrons. The quantitative estimate of drug-likeness (QED) is 0.663. The summed E-state index contributed by atoms with van der Waals surface area (Å²) in [6.45, 7) is 3.53. The van der Waals surface area contributed by atoms with E-state index in [1.807, 2.05) is 6.92 Å². The van der Waals surface area contributed by atoms with Gasteiger partial charge in [-0.05, 0) is 52.0 Å². The van der Waals surface area contributed by atoms with Crippen LogP contribution in [0.5, 0.6) is 0 Å². The van der Waals surface area contributed by atoms with Gasteiger partial charge in [-0.1, -0.05) is 0 Å². The maximum absolute atomic E-state index is 12.3. The zero-order valence-corrected chi connectivity index (χ0v) is 11.1. The molecule has 0 spiro atoms. The van der Waals surface area contributed by atoms with Crippen molar-refractivity contribution in [2.75, 3.05) is 13.1 Å². The lowest BCUT2D eigenvalue weighted by atomic mass is 9.89. The number of hydrogen-bond acceptors (Lipinski definition) is 3. The van der Waals surface area contributed by atoms with E-state index in [4.69, 9.17) is 0 Å². The van der Waals surface area contributed by atoms with Crippen LogP contribution in [-0.2, 0) is 9.59 Å². The summed E-state index contributed by atoms with van der Waals surface area (Å²) in [5, 5.41) is 9.02. The van der Waals surface area contributed by atoms with E-state index < -0.39 is 5.54 Å². The second-order valence-corrected chi connectivity index (χ2v) is 5.53. The van der Waals surface area contributed by atoms with E-state index in [2.05, 4.69) is 16.0 Å². The molecule has 3 N–H and O–H groups in total. The minimum absolute atomic E-state index is 0.0377. The summed E-state index contributed by atoms with van der Waals surface area (Å²) in [6.07, 6.45) is 5.74. The second kappa shape index (κ2) is 5.69. The molecule has 2 heterocycles. The van der Waals surface area contributed by atoms with Gasteiger partial charge in [0.25, 0.3) is 0 Å². The fourth-order valence-electron chi connectivity index (χ4n) is 2.64. The minimum Gasteiger partial charge on any atom is -0.354 e. The molecule has 0 aromatic carbocycles. The molecule has 2 saturated heterocycles. The van der Waals surface area contributed by atoms with E-state index >= 15 is 0 Å². The first-order valence-corrected chi connectivity index (χ1v) is 6.95. The Morgan fingerprint density at radius 1 is 1.28 bits per heavy atom. The van der Waals surface area contributed by atoms with Crippen molar-refractivity contribution < 1.29 is 9.59 Å². The number of piperidine rings is 1. The van der Waals surface area contributed by atoms with Crippen molar-refractivity contribution in [3.05, 3.63) is 0 Å². The fourth-order valence-corrected chi connectivity index (χ4v) is 2.64. The van der Waals surface area contributed by atoms with Gasteiger partial charge in [-0.3, -0.25) is 9.59 Å². The van der Waals surface area contributed by atoms with Gasteiger partial charge in [0.15, 0.2) is 0 Å². The third-order valence-electron chi connectivity index (χ3n) is 3.96. The van der Waals surface area contributed by atoms with Gasteiger partial charge < -0.3 is 16.0 Å². The molecule has 2 aliphatic heterocycles. The molecule has 0 aromatic rings. The molecule has 0 bridgehead atoms. The molecule has 0 aliphatic carbocycles. The summed E-state index contributed by atoms with van der Waals surface area (Å²) in [6, 6.07) is -0.361. The molecule has 102 valence electrons. The van der Waals surface area contributed by atoms with Gasteiger partial charge >= 0.3 is 0 Å². The zero-order chi connectivity index (χ0) is 13.0. The first-order valence-electron chi connectivity index (χ1n) is 6.95. The Hall–Kier alpha value is -1.10. The molecule has 2 rings (SSSR count). The summed E-state index contributed by atoms with van der Waals surface area (Å²) in [5.41, 5.74) is -0.509. The van der Waals surface area contributed by atoms with E-state index in [9.17, 15) is 9.59 Å². The molecule has 5 heteroatoms. The second-order valence-electron chi connectivity index (χ2n) is 5.53. The predicted molar refractivity (Wildman–Crippen MR) is 69.1 cm³/mol. The Morgan fingerprint density at radius 3 is 2.78 bits per heavy atom. The van der Waals surface area contributed by atoms with Crippen LogP contribution < -0.4 is 16.0 Å². The molecule has 0 aromatic heterocycles. The van der Waals surface area contributed by atoms with Gasteiger partial charge in [-0.2, -0.15) is 0 Å². The van der Waals surface area contributed by atoms with Gasteiger partial charge in [0.2, 0.25) is 11.8 Å². The monoisotopic (exact) mass is 253 g/mol. The van der Waals surface area contributed by atoms with Gasteiger partial charge in [0, 0.05) is 6.54 Å². The molecule has 2 amide bonds. The lowest BCUT2D eigenvalue weighted by molar-refractivity contribution is -0.133. The van der Waals surface area contributed by atoms with E-state index in [1.54, 1.807) is 0 Å². The SMILES string of the molecule is CC1(C(=O)NC2CCCCNC2=O)CCCCN1. The molecule has 5 nitrogen and oxygen atoms in total. The maximum Gasteiger partial charge on any atom is 0.242 e. The van der Waals surface area contributed by atoms with Gasteiger partial charge in [0.05, 0.1) is 5.54 Å². The summed E-state index contributed by atoms with van der Waals surface area (Å²) in [5.74, 6) is -0.0792. The average Bonchev–Trinajstić information content (AvgIpc) is 2.56. The Labute approximate surface area is 108 Å². The largest absolute Gasteiger partial charge is 0.354 e. The van der Waals surface area contributed by atoms with Crippen LogP contribution in [0.2, 0.25) is 0 Å². The lowest BCUT2D eigenvalue weighted by Crippen LogP contribution is -2.60. The van der Waals surface area contributed by atoms with Crippen LogP contribution in [0.1, 0.15) is 45.4 Å². The number of carbonyl (C=O) groups excluding carboxylic acids is 2. The van der Waals surface area contributed by atoms with Crippen molar-refractivity contribution in [2.24, 2.45) is 0 Å². The third-order valence-corrected chi connectivity index (χ3v) is 3.96. The highest BCUT2D eigenvalue weighted by atomic mass is 16.2. The van der Waals surface area contributed by atoms with Gasteiger partial charge in [-0.25, -0.2) is 0 Å². The molecular weight excluding hydrogens is 230 g/mol. The normalized spacial score (nSPS) is 33.4. The third kappa shape index (κ3) is 3.02. The number of hydrogen-bond donors (Lipinski definition) is 3. The van der Waals surface area contributed by atoms with Gasteiger partial charge in [0.1, 0.15) is 6.04 Å². The summed E-state index contributed by atoms with van der Waals surface area (Å²) < 4.78 is 0. The predicted octanol–water partition coefficient (Wildman–Crippen LogP) is 0.303. The minimum atomic E-state index is -0.509. The smallest absolute Gasteiger partial charge is 0.242 e. The van der Waals surface area contributed by atoms with Gasteiger partial charge in [-0.15, -0.1) is 0 Å². The van der Waals surface area contributed by atoms with Crippen LogP contribution in [0.15, 0.2) is 0 Å². The number of rotatable bonds is 2. The topological polar surface area (TPSA) is 70.2 Å². The molecular formula is C13H23N3O2. The van der Waals surface area contributed by atoms with Crippen LogP contribution in [0.3, 0.4) is 0 Å². The standard InChI is InChI=1S/C13H23N3O2/c1-13(7-3-5-9-15-13)12(18)16-10-6-2-4-8-14-11(10)17/h10,15H,2-9H2,1H3,(H,14,17)(H,16,18). The molecule has 0 saturated carbocycles. The zero-order valence-electron chi connectivity index (χ0n) is 11.1. The van der Waals surface area contributed by atoms with Crippen molar-refractivity contribution in [3.8, 4) is 0 Å². The van der Waals surface area contributed by atoms with Crippen molar-refractivity contribution in [2.45, 2.75) is 57.0 Å². The van der Waals surface area contributed by atoms with E-state index in [0.717, 1.165) is 51.6 Å². The Bertz CT molecular complexity index is 324. The molecule has 2 aliphatic rings. The molecule has 2 fully saturated rings. The highest BCUT2D eigenvalue weighted by Gasteiger charge is 2.36. The van der Waals surface area contributed by atoms with Crippen LogP contribution >= 0.6 is 0 Å². The maximum atomic E-state index is 12.3. The van der Waals surface area contributed by atoms with Crippen LogP contribution in [0, 0.1) is 0 Å². The van der Waals surface area contributed by atoms with E-state index in [1.165, 1.54) is 0 Å². The summed E-state index contributed by atoms with van der Waals surface area (Å²) in [7, 11) is 0.